The molecule has 7 heteroatoms. The van der Waals surface area contributed by atoms with Gasteiger partial charge in [-0.3, -0.25) is 0 Å². The van der Waals surface area contributed by atoms with E-state index in [0.29, 0.717) is 0 Å². The van der Waals surface area contributed by atoms with Gasteiger partial charge in [-0.25, -0.2) is 0 Å². The molecule has 5 rings (SSSR count). The molecule has 3 aliphatic rings. The Hall–Kier alpha value is -3.32. The van der Waals surface area contributed by atoms with Crippen molar-refractivity contribution in [2.24, 2.45) is 0 Å². The number of allylic oxidation sites excluding steroid dienone is 8. The molecule has 1 aliphatic carbocycles. The fourth-order valence-electron chi connectivity index (χ4n) is 7.95. The molecule has 0 amide bonds. The lowest BCUT2D eigenvalue weighted by molar-refractivity contribution is -0.439. The van der Waals surface area contributed by atoms with E-state index in [9.17, 15) is 0 Å². The highest BCUT2D eigenvalue weighted by molar-refractivity contribution is 6.32. The lowest BCUT2D eigenvalue weighted by Crippen LogP contribution is -2.28. The van der Waals surface area contributed by atoms with Crippen LogP contribution in [0, 0.1) is 13.8 Å². The molecule has 0 aromatic heterocycles. The predicted molar refractivity (Wildman–Crippen MR) is 204 cm³/mol. The molecule has 2 heterocycles. The minimum atomic E-state index is -0.195. The van der Waals surface area contributed by atoms with Crippen LogP contribution in [-0.2, 0) is 20.3 Å². The summed E-state index contributed by atoms with van der Waals surface area (Å²) in [5, 5.41) is 0.870. The third-order valence-corrected chi connectivity index (χ3v) is 11.1. The highest BCUT2D eigenvalue weighted by Gasteiger charge is 2.46. The fourth-order valence-corrected chi connectivity index (χ4v) is 8.27. The fraction of sp³-hybridized carbons (Fsp3) is 0.500. The third-order valence-electron chi connectivity index (χ3n) is 10.6. The van der Waals surface area contributed by atoms with E-state index in [1.54, 1.807) is 28.4 Å². The van der Waals surface area contributed by atoms with Crippen LogP contribution >= 0.6 is 11.6 Å². The quantitative estimate of drug-likeness (QED) is 0.155. The summed E-state index contributed by atoms with van der Waals surface area (Å²) in [4.78, 5) is 2.48. The van der Waals surface area contributed by atoms with Gasteiger partial charge in [-0.15, -0.1) is 0 Å². The smallest absolute Gasteiger partial charge is 0.212 e. The lowest BCUT2D eigenvalue weighted by Gasteiger charge is -2.27. The summed E-state index contributed by atoms with van der Waals surface area (Å²) >= 11 is 7.28. The van der Waals surface area contributed by atoms with Crippen LogP contribution in [0.15, 0.2) is 70.4 Å². The number of benzene rings is 2. The molecule has 0 atom stereocenters. The molecule has 2 aromatic carbocycles. The van der Waals surface area contributed by atoms with Crippen molar-refractivity contribution in [3.05, 3.63) is 92.7 Å². The molecule has 264 valence electrons. The number of hydrogen-bond donors (Lipinski definition) is 0. The molecule has 0 bridgehead atoms. The number of hydrogen-bond acceptors (Lipinski definition) is 5. The van der Waals surface area contributed by atoms with Crippen LogP contribution in [0.1, 0.15) is 82.1 Å². The van der Waals surface area contributed by atoms with Gasteiger partial charge in [0.05, 0.1) is 26.2 Å². The molecule has 2 aromatic rings. The molecule has 0 N–H and O–H groups in total. The van der Waals surface area contributed by atoms with Crippen LogP contribution in [0.2, 0.25) is 0 Å². The summed E-state index contributed by atoms with van der Waals surface area (Å²) in [6.45, 7) is 16.8. The van der Waals surface area contributed by atoms with Crippen LogP contribution in [0.5, 0.6) is 11.5 Å². The highest BCUT2D eigenvalue weighted by atomic mass is 35.5. The predicted octanol–water partition coefficient (Wildman–Crippen LogP) is 9.61. The molecule has 0 radical (unpaired) electrons. The molecule has 0 fully saturated rings. The van der Waals surface area contributed by atoms with E-state index in [0.717, 1.165) is 74.9 Å². The SMILES string of the molecule is COCCCN1/C(=C\C=C2/CCCC(/C=C/C3=[N+](CCCOC)c4c(C)cc(OC)cc4C3(C)C)=C2Cl)C(C)(C)c2cc(OC)cc(C)c21. The molecule has 0 saturated carbocycles. The second-order valence-electron chi connectivity index (χ2n) is 14.6. The normalized spacial score (nSPS) is 19.9. The van der Waals surface area contributed by atoms with Gasteiger partial charge >= 0.3 is 0 Å². The number of anilines is 1. The van der Waals surface area contributed by atoms with Crippen molar-refractivity contribution in [1.29, 1.82) is 0 Å². The second-order valence-corrected chi connectivity index (χ2v) is 15.0. The van der Waals surface area contributed by atoms with E-state index < -0.39 is 0 Å². The standard InChI is InChI=1S/C42H56ClN2O4/c1-28-24-32(48-9)26-34-39(28)44(20-12-22-46-7)36(41(34,3)4)18-16-30-14-11-15-31(38(30)43)17-19-37-42(5,6)35-27-33(49-10)25-29(2)40(35)45(37)21-13-23-47-8/h16-19,24-27H,11-15,20-23H2,1-10H3/q+1. The first kappa shape index (κ1) is 36.9. The van der Waals surface area contributed by atoms with Crippen molar-refractivity contribution >= 4 is 28.7 Å². The van der Waals surface area contributed by atoms with Crippen LogP contribution < -0.4 is 14.4 Å². The number of fused-ring (bicyclic) bond motifs is 2. The Bertz CT molecular complexity index is 1730. The van der Waals surface area contributed by atoms with Crippen LogP contribution in [0.4, 0.5) is 11.4 Å². The van der Waals surface area contributed by atoms with Crippen LogP contribution in [0.3, 0.4) is 0 Å². The number of ether oxygens (including phenoxy) is 4. The highest BCUT2D eigenvalue weighted by Crippen LogP contribution is 2.51. The van der Waals surface area contributed by atoms with Gasteiger partial charge in [0.1, 0.15) is 11.5 Å². The van der Waals surface area contributed by atoms with Crippen molar-refractivity contribution in [3.8, 4) is 11.5 Å². The minimum Gasteiger partial charge on any atom is -0.497 e. The average Bonchev–Trinajstić information content (AvgIpc) is 3.42. The van der Waals surface area contributed by atoms with E-state index in [1.165, 1.54) is 56.2 Å². The maximum Gasteiger partial charge on any atom is 0.212 e. The van der Waals surface area contributed by atoms with Crippen molar-refractivity contribution in [1.82, 2.24) is 0 Å². The van der Waals surface area contributed by atoms with Crippen LogP contribution in [0.25, 0.3) is 0 Å². The van der Waals surface area contributed by atoms with Gasteiger partial charge in [0.25, 0.3) is 0 Å². The number of halogens is 1. The van der Waals surface area contributed by atoms with Crippen molar-refractivity contribution in [2.75, 3.05) is 59.6 Å². The van der Waals surface area contributed by atoms with Gasteiger partial charge in [-0.05, 0) is 106 Å². The maximum absolute atomic E-state index is 7.28. The number of methoxy groups -OCH3 is 4. The van der Waals surface area contributed by atoms with Crippen molar-refractivity contribution < 1.29 is 23.5 Å². The van der Waals surface area contributed by atoms with Crippen molar-refractivity contribution in [2.45, 2.75) is 84.5 Å². The molecule has 2 aliphatic heterocycles. The molecule has 0 unspecified atom stereocenters. The van der Waals surface area contributed by atoms with Crippen LogP contribution in [-0.4, -0.2) is 65.0 Å². The topological polar surface area (TPSA) is 43.2 Å². The zero-order valence-electron chi connectivity index (χ0n) is 31.4. The summed E-state index contributed by atoms with van der Waals surface area (Å²) in [6.07, 6.45) is 14.0. The van der Waals surface area contributed by atoms with Gasteiger partial charge in [0, 0.05) is 72.8 Å². The zero-order valence-corrected chi connectivity index (χ0v) is 32.1. The van der Waals surface area contributed by atoms with Gasteiger partial charge in [0.15, 0.2) is 12.3 Å². The van der Waals surface area contributed by atoms with Gasteiger partial charge < -0.3 is 23.8 Å². The summed E-state index contributed by atoms with van der Waals surface area (Å²) < 4.78 is 24.7. The lowest BCUT2D eigenvalue weighted by atomic mass is 9.80. The van der Waals surface area contributed by atoms with E-state index in [-0.39, 0.29) is 10.8 Å². The Kier molecular flexibility index (Phi) is 11.5. The average molecular weight is 688 g/mol. The zero-order chi connectivity index (χ0) is 35.5. The number of rotatable bonds is 13. The van der Waals surface area contributed by atoms with Gasteiger partial charge in [-0.1, -0.05) is 37.6 Å². The Morgan fingerprint density at radius 1 is 0.796 bits per heavy atom. The Balaban J connectivity index is 1.52. The summed E-state index contributed by atoms with van der Waals surface area (Å²) in [6, 6.07) is 8.68. The third kappa shape index (κ3) is 7.15. The molecule has 6 nitrogen and oxygen atoms in total. The van der Waals surface area contributed by atoms with E-state index in [4.69, 9.17) is 30.5 Å². The summed E-state index contributed by atoms with van der Waals surface area (Å²) in [7, 11) is 7.02. The minimum absolute atomic E-state index is 0.195. The monoisotopic (exact) mass is 687 g/mol. The molecule has 49 heavy (non-hydrogen) atoms. The van der Waals surface area contributed by atoms with E-state index in [2.05, 4.69) is 99.6 Å². The number of aryl methyl sites for hydroxylation is 2. The molecule has 0 saturated heterocycles. The van der Waals surface area contributed by atoms with Crippen molar-refractivity contribution in [3.63, 3.8) is 0 Å². The largest absolute Gasteiger partial charge is 0.497 e. The Morgan fingerprint density at radius 3 is 2.12 bits per heavy atom. The summed E-state index contributed by atoms with van der Waals surface area (Å²) in [5.41, 5.74) is 12.1. The van der Waals surface area contributed by atoms with E-state index >= 15 is 0 Å². The van der Waals surface area contributed by atoms with Gasteiger partial charge in [0.2, 0.25) is 5.69 Å². The first-order chi connectivity index (χ1) is 23.4. The molecular weight excluding hydrogens is 632 g/mol. The summed E-state index contributed by atoms with van der Waals surface area (Å²) in [5.74, 6) is 1.79. The first-order valence-electron chi connectivity index (χ1n) is 17.7. The maximum atomic E-state index is 7.28. The first-order valence-corrected chi connectivity index (χ1v) is 18.1. The van der Waals surface area contributed by atoms with Gasteiger partial charge in [-0.2, -0.15) is 4.58 Å². The van der Waals surface area contributed by atoms with E-state index in [1.807, 2.05) is 0 Å². The molecule has 0 spiro atoms. The molecular formula is C42H56ClN2O4+. The Morgan fingerprint density at radius 2 is 1.45 bits per heavy atom. The number of nitrogens with zero attached hydrogens (tertiary/aromatic N) is 2. The second kappa shape index (κ2) is 15.3. The Labute approximate surface area is 299 Å².